The molecule has 1 saturated heterocycles. The van der Waals surface area contributed by atoms with Gasteiger partial charge in [-0.1, -0.05) is 66.7 Å². The molecule has 6 nitrogen and oxygen atoms in total. The van der Waals surface area contributed by atoms with E-state index in [-0.39, 0.29) is 24.1 Å². The van der Waals surface area contributed by atoms with E-state index < -0.39 is 6.04 Å². The van der Waals surface area contributed by atoms with Crippen LogP contribution in [0.4, 0.5) is 0 Å². The Morgan fingerprint density at radius 3 is 1.97 bits per heavy atom. The molecule has 1 fully saturated rings. The number of benzene rings is 3. The van der Waals surface area contributed by atoms with Gasteiger partial charge in [0, 0.05) is 25.6 Å². The number of carbonyl (C=O) groups is 3. The first kappa shape index (κ1) is 23.0. The van der Waals surface area contributed by atoms with Crippen LogP contribution in [0.2, 0.25) is 0 Å². The Morgan fingerprint density at radius 1 is 0.771 bits per heavy atom. The number of nitrogens with zero attached hydrogens (tertiary/aromatic N) is 2. The monoisotopic (exact) mass is 468 g/mol. The standard InChI is InChI=1S/C29H28N2O4/c32-27(30-16-18-35-19-17-30)15-14-24(31-28(33)25-8-4-5-9-26(25)29(31)34)20-21-10-12-23(13-11-21)22-6-2-1-3-7-22/h1-13,24H,14-20H2. The molecule has 0 spiro atoms. The minimum absolute atomic E-state index is 0.0364. The molecular weight excluding hydrogens is 440 g/mol. The summed E-state index contributed by atoms with van der Waals surface area (Å²) in [4.78, 5) is 42.4. The molecule has 3 aromatic carbocycles. The second-order valence-corrected chi connectivity index (χ2v) is 8.98. The van der Waals surface area contributed by atoms with Gasteiger partial charge in [-0.15, -0.1) is 0 Å². The van der Waals surface area contributed by atoms with Crippen LogP contribution in [-0.4, -0.2) is 59.9 Å². The van der Waals surface area contributed by atoms with E-state index in [4.69, 9.17) is 4.74 Å². The maximum Gasteiger partial charge on any atom is 0.261 e. The summed E-state index contributed by atoms with van der Waals surface area (Å²) in [5.41, 5.74) is 4.12. The van der Waals surface area contributed by atoms with Gasteiger partial charge in [0.1, 0.15) is 0 Å². The minimum atomic E-state index is -0.407. The van der Waals surface area contributed by atoms with Gasteiger partial charge in [-0.2, -0.15) is 0 Å². The highest BCUT2D eigenvalue weighted by atomic mass is 16.5. The van der Waals surface area contributed by atoms with Crippen molar-refractivity contribution in [1.82, 2.24) is 9.80 Å². The molecule has 0 saturated carbocycles. The molecular formula is C29H28N2O4. The third kappa shape index (κ3) is 4.88. The molecule has 1 atom stereocenters. The topological polar surface area (TPSA) is 66.9 Å². The van der Waals surface area contributed by atoms with Crippen LogP contribution in [0.3, 0.4) is 0 Å². The first-order valence-electron chi connectivity index (χ1n) is 12.1. The average Bonchev–Trinajstić information content (AvgIpc) is 3.17. The van der Waals surface area contributed by atoms with Gasteiger partial charge in [0.15, 0.2) is 0 Å². The van der Waals surface area contributed by atoms with Crippen LogP contribution in [0.15, 0.2) is 78.9 Å². The second kappa shape index (κ2) is 10.2. The fraction of sp³-hybridized carbons (Fsp3) is 0.276. The summed E-state index contributed by atoms with van der Waals surface area (Å²) >= 11 is 0. The maximum atomic E-state index is 13.2. The normalized spacial score (nSPS) is 16.3. The van der Waals surface area contributed by atoms with Gasteiger partial charge in [-0.3, -0.25) is 19.3 Å². The summed E-state index contributed by atoms with van der Waals surface area (Å²) in [6.45, 7) is 2.25. The molecule has 0 aliphatic carbocycles. The van der Waals surface area contributed by atoms with E-state index in [1.54, 1.807) is 29.2 Å². The third-order valence-electron chi connectivity index (χ3n) is 6.78. The van der Waals surface area contributed by atoms with Gasteiger partial charge in [0.25, 0.3) is 11.8 Å². The second-order valence-electron chi connectivity index (χ2n) is 8.98. The van der Waals surface area contributed by atoms with Crippen molar-refractivity contribution in [3.8, 4) is 11.1 Å². The molecule has 6 heteroatoms. The zero-order valence-electron chi connectivity index (χ0n) is 19.6. The molecule has 3 aromatic rings. The van der Waals surface area contributed by atoms with Gasteiger partial charge >= 0.3 is 0 Å². The number of rotatable bonds is 7. The number of morpholine rings is 1. The van der Waals surface area contributed by atoms with Gasteiger partial charge in [0.2, 0.25) is 5.91 Å². The smallest absolute Gasteiger partial charge is 0.261 e. The number of amides is 3. The lowest BCUT2D eigenvalue weighted by molar-refractivity contribution is -0.135. The number of fused-ring (bicyclic) bond motifs is 1. The Balaban J connectivity index is 1.36. The van der Waals surface area contributed by atoms with E-state index in [0.717, 1.165) is 16.7 Å². The Bertz CT molecular complexity index is 1180. The molecule has 0 radical (unpaired) electrons. The Kier molecular flexibility index (Phi) is 6.73. The molecule has 2 heterocycles. The van der Waals surface area contributed by atoms with Crippen molar-refractivity contribution < 1.29 is 19.1 Å². The average molecular weight is 469 g/mol. The van der Waals surface area contributed by atoms with Crippen LogP contribution >= 0.6 is 0 Å². The predicted octanol–water partition coefficient (Wildman–Crippen LogP) is 4.20. The van der Waals surface area contributed by atoms with E-state index in [1.807, 2.05) is 30.3 Å². The highest BCUT2D eigenvalue weighted by Gasteiger charge is 2.39. The Labute approximate surface area is 205 Å². The van der Waals surface area contributed by atoms with E-state index >= 15 is 0 Å². The first-order chi connectivity index (χ1) is 17.1. The summed E-state index contributed by atoms with van der Waals surface area (Å²) in [7, 11) is 0. The van der Waals surface area contributed by atoms with Crippen molar-refractivity contribution >= 4 is 17.7 Å². The molecule has 0 bridgehead atoms. The molecule has 3 amide bonds. The van der Waals surface area contributed by atoms with Crippen molar-refractivity contribution in [2.24, 2.45) is 0 Å². The van der Waals surface area contributed by atoms with Crippen LogP contribution in [0, 0.1) is 0 Å². The largest absolute Gasteiger partial charge is 0.378 e. The van der Waals surface area contributed by atoms with Gasteiger partial charge in [-0.05, 0) is 41.7 Å². The van der Waals surface area contributed by atoms with E-state index in [9.17, 15) is 14.4 Å². The number of imide groups is 1. The lowest BCUT2D eigenvalue weighted by Gasteiger charge is -2.29. The van der Waals surface area contributed by atoms with Crippen molar-refractivity contribution in [3.63, 3.8) is 0 Å². The summed E-state index contributed by atoms with van der Waals surface area (Å²) in [5, 5.41) is 0. The molecule has 0 N–H and O–H groups in total. The lowest BCUT2D eigenvalue weighted by atomic mass is 9.97. The number of ether oxygens (including phenoxy) is 1. The third-order valence-corrected chi connectivity index (χ3v) is 6.78. The Morgan fingerprint density at radius 2 is 1.34 bits per heavy atom. The van der Waals surface area contributed by atoms with E-state index in [1.165, 1.54) is 4.90 Å². The van der Waals surface area contributed by atoms with Crippen molar-refractivity contribution in [2.75, 3.05) is 26.3 Å². The first-order valence-corrected chi connectivity index (χ1v) is 12.1. The Hall–Kier alpha value is -3.77. The number of hydrogen-bond acceptors (Lipinski definition) is 4. The van der Waals surface area contributed by atoms with Crippen LogP contribution in [0.25, 0.3) is 11.1 Å². The van der Waals surface area contributed by atoms with Crippen LogP contribution < -0.4 is 0 Å². The quantitative estimate of drug-likeness (QED) is 0.488. The van der Waals surface area contributed by atoms with Crippen LogP contribution in [0.5, 0.6) is 0 Å². The van der Waals surface area contributed by atoms with Crippen molar-refractivity contribution in [2.45, 2.75) is 25.3 Å². The summed E-state index contributed by atoms with van der Waals surface area (Å²) < 4.78 is 5.35. The molecule has 5 rings (SSSR count). The van der Waals surface area contributed by atoms with E-state index in [2.05, 4.69) is 24.3 Å². The zero-order valence-corrected chi connectivity index (χ0v) is 19.6. The lowest BCUT2D eigenvalue weighted by Crippen LogP contribution is -2.44. The van der Waals surface area contributed by atoms with E-state index in [0.29, 0.717) is 50.3 Å². The van der Waals surface area contributed by atoms with Gasteiger partial charge in [0.05, 0.1) is 24.3 Å². The fourth-order valence-electron chi connectivity index (χ4n) is 4.86. The molecule has 1 unspecified atom stereocenters. The minimum Gasteiger partial charge on any atom is -0.378 e. The summed E-state index contributed by atoms with van der Waals surface area (Å²) in [6.07, 6.45) is 1.19. The number of hydrogen-bond donors (Lipinski definition) is 0. The SMILES string of the molecule is O=C(CCC(Cc1ccc(-c2ccccc2)cc1)N1C(=O)c2ccccc2C1=O)N1CCOCC1. The fourth-order valence-corrected chi connectivity index (χ4v) is 4.86. The van der Waals surface area contributed by atoms with Crippen molar-refractivity contribution in [1.29, 1.82) is 0 Å². The molecule has 2 aliphatic rings. The summed E-state index contributed by atoms with van der Waals surface area (Å²) in [6, 6.07) is 24.8. The zero-order chi connectivity index (χ0) is 24.2. The van der Waals surface area contributed by atoms with Gasteiger partial charge in [-0.25, -0.2) is 0 Å². The summed E-state index contributed by atoms with van der Waals surface area (Å²) in [5.74, 6) is -0.528. The van der Waals surface area contributed by atoms with Gasteiger partial charge < -0.3 is 9.64 Å². The molecule has 178 valence electrons. The molecule has 2 aliphatic heterocycles. The van der Waals surface area contributed by atoms with Crippen LogP contribution in [0.1, 0.15) is 39.1 Å². The molecule has 35 heavy (non-hydrogen) atoms. The van der Waals surface area contributed by atoms with Crippen LogP contribution in [-0.2, 0) is 16.0 Å². The van der Waals surface area contributed by atoms with Crippen molar-refractivity contribution in [3.05, 3.63) is 95.6 Å². The highest BCUT2D eigenvalue weighted by molar-refractivity contribution is 6.21. The highest BCUT2D eigenvalue weighted by Crippen LogP contribution is 2.28. The number of carbonyl (C=O) groups excluding carboxylic acids is 3. The molecule has 0 aromatic heterocycles. The maximum absolute atomic E-state index is 13.2. The predicted molar refractivity (Wildman–Crippen MR) is 133 cm³/mol.